The van der Waals surface area contributed by atoms with Crippen molar-refractivity contribution in [1.29, 1.82) is 0 Å². The zero-order valence-electron chi connectivity index (χ0n) is 11.5. The van der Waals surface area contributed by atoms with E-state index in [4.69, 9.17) is 4.74 Å². The fourth-order valence-electron chi connectivity index (χ4n) is 1.82. The number of alkyl halides is 2. The first-order chi connectivity index (χ1) is 9.30. The third-order valence-corrected chi connectivity index (χ3v) is 4.59. The molecule has 3 nitrogen and oxygen atoms in total. The van der Waals surface area contributed by atoms with Crippen LogP contribution in [0.1, 0.15) is 43.7 Å². The molecule has 0 N–H and O–H groups in total. The highest BCUT2D eigenvalue weighted by Crippen LogP contribution is 2.28. The highest BCUT2D eigenvalue weighted by atomic mass is 32.2. The van der Waals surface area contributed by atoms with Crippen molar-refractivity contribution in [2.24, 2.45) is 0 Å². The van der Waals surface area contributed by atoms with E-state index in [9.17, 15) is 17.2 Å². The first kappa shape index (κ1) is 15.4. The largest absolute Gasteiger partial charge is 0.374 e. The van der Waals surface area contributed by atoms with Crippen LogP contribution in [0.3, 0.4) is 0 Å². The van der Waals surface area contributed by atoms with Gasteiger partial charge in [-0.05, 0) is 42.0 Å². The van der Waals surface area contributed by atoms with Gasteiger partial charge < -0.3 is 4.74 Å². The summed E-state index contributed by atoms with van der Waals surface area (Å²) in [5.41, 5.74) is 1.35. The molecule has 1 aliphatic rings. The summed E-state index contributed by atoms with van der Waals surface area (Å²) in [5, 5.41) is 0. The molecule has 112 valence electrons. The standard InChI is InChI=1S/C14H18F2O3S/c1-9(2)11-5-10(8-19-12-3-4-12)6-13(7-11)20(17,18)14(15)16/h5-7,9,12,14H,3-4,8H2,1-2H3. The van der Waals surface area contributed by atoms with Crippen molar-refractivity contribution in [1.82, 2.24) is 0 Å². The molecule has 1 aromatic carbocycles. The minimum absolute atomic E-state index is 0.0579. The average molecular weight is 304 g/mol. The van der Waals surface area contributed by atoms with E-state index < -0.39 is 15.6 Å². The van der Waals surface area contributed by atoms with Gasteiger partial charge in [-0.15, -0.1) is 0 Å². The fourth-order valence-corrected chi connectivity index (χ4v) is 2.64. The van der Waals surface area contributed by atoms with Crippen LogP contribution in [0.4, 0.5) is 8.78 Å². The van der Waals surface area contributed by atoms with Crippen molar-refractivity contribution in [3.63, 3.8) is 0 Å². The van der Waals surface area contributed by atoms with Crippen LogP contribution in [0.2, 0.25) is 0 Å². The molecule has 1 aliphatic carbocycles. The van der Waals surface area contributed by atoms with Gasteiger partial charge in [0.1, 0.15) is 0 Å². The van der Waals surface area contributed by atoms with Crippen LogP contribution in [0.15, 0.2) is 23.1 Å². The maximum Gasteiger partial charge on any atom is 0.341 e. The Morgan fingerprint density at radius 1 is 1.25 bits per heavy atom. The smallest absolute Gasteiger partial charge is 0.341 e. The highest BCUT2D eigenvalue weighted by Gasteiger charge is 2.28. The summed E-state index contributed by atoms with van der Waals surface area (Å²) in [6.45, 7) is 4.04. The number of sulfone groups is 1. The number of halogens is 2. The minimum Gasteiger partial charge on any atom is -0.374 e. The molecule has 0 saturated heterocycles. The lowest BCUT2D eigenvalue weighted by Crippen LogP contribution is -2.12. The Morgan fingerprint density at radius 2 is 1.90 bits per heavy atom. The van der Waals surface area contributed by atoms with Crippen LogP contribution in [0.25, 0.3) is 0 Å². The highest BCUT2D eigenvalue weighted by molar-refractivity contribution is 7.91. The van der Waals surface area contributed by atoms with Crippen LogP contribution in [0, 0.1) is 0 Å². The van der Waals surface area contributed by atoms with Gasteiger partial charge in [0.2, 0.25) is 9.84 Å². The van der Waals surface area contributed by atoms with Gasteiger partial charge in [-0.25, -0.2) is 8.42 Å². The van der Waals surface area contributed by atoms with Gasteiger partial charge in [-0.2, -0.15) is 8.78 Å². The van der Waals surface area contributed by atoms with Gasteiger partial charge >= 0.3 is 5.76 Å². The lowest BCUT2D eigenvalue weighted by atomic mass is 10.0. The van der Waals surface area contributed by atoms with Crippen molar-refractivity contribution in [3.05, 3.63) is 29.3 Å². The second-order valence-corrected chi connectivity index (χ2v) is 7.30. The number of ether oxygens (including phenoxy) is 1. The molecule has 0 radical (unpaired) electrons. The van der Waals surface area contributed by atoms with E-state index in [0.29, 0.717) is 5.56 Å². The number of benzene rings is 1. The topological polar surface area (TPSA) is 43.4 Å². The predicted molar refractivity (Wildman–Crippen MR) is 71.5 cm³/mol. The summed E-state index contributed by atoms with van der Waals surface area (Å²) in [4.78, 5) is -0.326. The summed E-state index contributed by atoms with van der Waals surface area (Å²) in [7, 11) is -4.57. The summed E-state index contributed by atoms with van der Waals surface area (Å²) in [6.07, 6.45) is 2.24. The second-order valence-electron chi connectivity index (χ2n) is 5.38. The van der Waals surface area contributed by atoms with Crippen molar-refractivity contribution < 1.29 is 21.9 Å². The Morgan fingerprint density at radius 3 is 2.40 bits per heavy atom. The summed E-state index contributed by atoms with van der Waals surface area (Å²) < 4.78 is 54.1. The van der Waals surface area contributed by atoms with E-state index in [-0.39, 0.29) is 23.5 Å². The van der Waals surface area contributed by atoms with E-state index in [0.717, 1.165) is 18.4 Å². The van der Waals surface area contributed by atoms with E-state index >= 15 is 0 Å². The van der Waals surface area contributed by atoms with Crippen LogP contribution in [0.5, 0.6) is 0 Å². The van der Waals surface area contributed by atoms with Gasteiger partial charge in [0.25, 0.3) is 0 Å². The van der Waals surface area contributed by atoms with Crippen LogP contribution in [-0.4, -0.2) is 20.3 Å². The maximum atomic E-state index is 12.7. The van der Waals surface area contributed by atoms with Crippen molar-refractivity contribution in [2.75, 3.05) is 0 Å². The van der Waals surface area contributed by atoms with Crippen LogP contribution >= 0.6 is 0 Å². The van der Waals surface area contributed by atoms with Gasteiger partial charge in [0, 0.05) is 0 Å². The molecule has 6 heteroatoms. The molecule has 0 amide bonds. The Bertz CT molecular complexity index is 578. The quantitative estimate of drug-likeness (QED) is 0.808. The normalized spacial score (nSPS) is 16.1. The predicted octanol–water partition coefficient (Wildman–Crippen LogP) is 3.49. The van der Waals surface area contributed by atoms with Crippen molar-refractivity contribution in [3.8, 4) is 0 Å². The minimum atomic E-state index is -4.57. The zero-order chi connectivity index (χ0) is 14.9. The molecule has 0 aliphatic heterocycles. The molecule has 20 heavy (non-hydrogen) atoms. The molecule has 1 saturated carbocycles. The summed E-state index contributed by atoms with van der Waals surface area (Å²) in [6, 6.07) is 4.43. The van der Waals surface area contributed by atoms with Crippen molar-refractivity contribution >= 4 is 9.84 Å². The van der Waals surface area contributed by atoms with Gasteiger partial charge in [-0.1, -0.05) is 19.9 Å². The Labute approximate surface area is 117 Å². The Balaban J connectivity index is 2.34. The lowest BCUT2D eigenvalue weighted by molar-refractivity contribution is 0.106. The Kier molecular flexibility index (Phi) is 4.44. The molecular weight excluding hydrogens is 286 g/mol. The van der Waals surface area contributed by atoms with Crippen molar-refractivity contribution in [2.45, 2.75) is 56.0 Å². The van der Waals surface area contributed by atoms with E-state index in [1.54, 1.807) is 0 Å². The maximum absolute atomic E-state index is 12.7. The third-order valence-electron chi connectivity index (χ3n) is 3.23. The lowest BCUT2D eigenvalue weighted by Gasteiger charge is -2.12. The van der Waals surface area contributed by atoms with Crippen LogP contribution in [-0.2, 0) is 21.2 Å². The first-order valence-corrected chi connectivity index (χ1v) is 8.13. The summed E-state index contributed by atoms with van der Waals surface area (Å²) in [5.74, 6) is -3.34. The van der Waals surface area contributed by atoms with Gasteiger partial charge in [-0.3, -0.25) is 0 Å². The van der Waals surface area contributed by atoms with E-state index in [1.807, 2.05) is 19.9 Å². The molecule has 0 unspecified atom stereocenters. The van der Waals surface area contributed by atoms with E-state index in [1.165, 1.54) is 12.1 Å². The molecule has 0 heterocycles. The third kappa shape index (κ3) is 3.55. The van der Waals surface area contributed by atoms with Crippen LogP contribution < -0.4 is 0 Å². The zero-order valence-corrected chi connectivity index (χ0v) is 12.3. The molecule has 1 aromatic rings. The van der Waals surface area contributed by atoms with E-state index in [2.05, 4.69) is 0 Å². The molecular formula is C14H18F2O3S. The SMILES string of the molecule is CC(C)c1cc(COC2CC2)cc(S(=O)(=O)C(F)F)c1. The molecule has 2 rings (SSSR count). The van der Waals surface area contributed by atoms with Gasteiger partial charge in [0.05, 0.1) is 17.6 Å². The molecule has 0 bridgehead atoms. The Hall–Kier alpha value is -1.01. The van der Waals surface area contributed by atoms with Gasteiger partial charge in [0.15, 0.2) is 0 Å². The second kappa shape index (κ2) is 5.77. The molecule has 0 aromatic heterocycles. The molecule has 0 atom stereocenters. The fraction of sp³-hybridized carbons (Fsp3) is 0.571. The average Bonchev–Trinajstić information content (AvgIpc) is 3.19. The number of rotatable bonds is 6. The summed E-state index contributed by atoms with van der Waals surface area (Å²) >= 11 is 0. The monoisotopic (exact) mass is 304 g/mol. The molecule has 0 spiro atoms. The molecule has 1 fully saturated rings. The number of hydrogen-bond acceptors (Lipinski definition) is 3. The first-order valence-electron chi connectivity index (χ1n) is 6.58. The number of hydrogen-bond donors (Lipinski definition) is 0.